The Labute approximate surface area is 122 Å². The Bertz CT molecular complexity index is 551. The molecule has 1 aromatic rings. The van der Waals surface area contributed by atoms with Crippen LogP contribution in [0.3, 0.4) is 0 Å². The van der Waals surface area contributed by atoms with Crippen molar-refractivity contribution in [1.29, 1.82) is 0 Å². The average molecular weight is 295 g/mol. The van der Waals surface area contributed by atoms with Crippen LogP contribution in [0.5, 0.6) is 0 Å². The van der Waals surface area contributed by atoms with Crippen molar-refractivity contribution in [2.75, 3.05) is 12.8 Å². The van der Waals surface area contributed by atoms with Crippen LogP contribution in [0.1, 0.15) is 39.2 Å². The molecule has 1 aliphatic rings. The lowest BCUT2D eigenvalue weighted by Gasteiger charge is -2.20. The van der Waals surface area contributed by atoms with Crippen LogP contribution in [0.25, 0.3) is 0 Å². The van der Waals surface area contributed by atoms with Crippen molar-refractivity contribution < 1.29 is 8.42 Å². The molecule has 3 nitrogen and oxygen atoms in total. The fourth-order valence-electron chi connectivity index (χ4n) is 2.45. The first-order chi connectivity index (χ1) is 9.24. The zero-order valence-electron chi connectivity index (χ0n) is 12.8. The molecule has 0 heterocycles. The van der Waals surface area contributed by atoms with Gasteiger partial charge in [-0.25, -0.2) is 8.42 Å². The molecule has 1 unspecified atom stereocenters. The third kappa shape index (κ3) is 3.61. The van der Waals surface area contributed by atoms with E-state index >= 15 is 0 Å². The van der Waals surface area contributed by atoms with E-state index in [9.17, 15) is 8.42 Å². The molecule has 1 saturated carbocycles. The van der Waals surface area contributed by atoms with Crippen molar-refractivity contribution in [3.8, 4) is 0 Å². The minimum absolute atomic E-state index is 0.0455. The normalized spacial score (nSPS) is 18.0. The first-order valence-electron chi connectivity index (χ1n) is 7.24. The van der Waals surface area contributed by atoms with E-state index < -0.39 is 9.84 Å². The smallest absolute Gasteiger partial charge is 0.179 e. The van der Waals surface area contributed by atoms with Crippen molar-refractivity contribution in [3.05, 3.63) is 29.8 Å². The summed E-state index contributed by atoms with van der Waals surface area (Å²) in [4.78, 5) is 0.436. The molecule has 20 heavy (non-hydrogen) atoms. The fraction of sp³-hybridized carbons (Fsp3) is 0.625. The molecule has 0 aliphatic heterocycles. The van der Waals surface area contributed by atoms with E-state index in [0.29, 0.717) is 10.8 Å². The molecular weight excluding hydrogens is 270 g/mol. The number of benzene rings is 1. The van der Waals surface area contributed by atoms with Gasteiger partial charge in [-0.2, -0.15) is 0 Å². The van der Waals surface area contributed by atoms with Crippen LogP contribution in [-0.2, 0) is 15.3 Å². The highest BCUT2D eigenvalue weighted by atomic mass is 32.2. The van der Waals surface area contributed by atoms with Gasteiger partial charge in [-0.3, -0.25) is 0 Å². The summed E-state index contributed by atoms with van der Waals surface area (Å²) in [5, 5.41) is 3.15. The summed E-state index contributed by atoms with van der Waals surface area (Å²) in [6, 6.07) is 7.43. The van der Waals surface area contributed by atoms with Crippen LogP contribution in [0.4, 0.5) is 0 Å². The van der Waals surface area contributed by atoms with E-state index in [1.165, 1.54) is 0 Å². The number of hydrogen-bond acceptors (Lipinski definition) is 3. The highest BCUT2D eigenvalue weighted by Crippen LogP contribution is 2.34. The zero-order chi connectivity index (χ0) is 15.0. The lowest BCUT2D eigenvalue weighted by molar-refractivity contribution is 0.527. The Hall–Kier alpha value is -0.870. The zero-order valence-corrected chi connectivity index (χ0v) is 13.6. The Balaban J connectivity index is 2.17. The van der Waals surface area contributed by atoms with Crippen molar-refractivity contribution in [1.82, 2.24) is 5.32 Å². The number of rotatable bonds is 5. The van der Waals surface area contributed by atoms with Crippen molar-refractivity contribution in [2.45, 2.75) is 50.0 Å². The van der Waals surface area contributed by atoms with E-state index in [2.05, 4.69) is 26.1 Å². The number of nitrogens with one attached hydrogen (secondary N) is 1. The first kappa shape index (κ1) is 15.5. The summed E-state index contributed by atoms with van der Waals surface area (Å²) in [5.74, 6) is 0.729. The van der Waals surface area contributed by atoms with Gasteiger partial charge in [-0.1, -0.05) is 32.9 Å². The molecule has 1 atom stereocenters. The lowest BCUT2D eigenvalue weighted by Crippen LogP contribution is -2.34. The van der Waals surface area contributed by atoms with Crippen LogP contribution < -0.4 is 5.32 Å². The average Bonchev–Trinajstić information content (AvgIpc) is 3.19. The molecule has 0 bridgehead atoms. The van der Waals surface area contributed by atoms with Gasteiger partial charge in [-0.05, 0) is 48.9 Å². The summed E-state index contributed by atoms with van der Waals surface area (Å²) >= 11 is 0. The molecular formula is C16H25NO2S. The molecule has 1 aromatic carbocycles. The monoisotopic (exact) mass is 295 g/mol. The van der Waals surface area contributed by atoms with Crippen molar-refractivity contribution >= 4 is 9.84 Å². The Kier molecular flexibility index (Phi) is 4.26. The summed E-state index contributed by atoms with van der Waals surface area (Å²) in [7, 11) is -1.35. The van der Waals surface area contributed by atoms with Gasteiger partial charge in [0.15, 0.2) is 9.84 Å². The molecule has 0 aromatic heterocycles. The second-order valence-corrected chi connectivity index (χ2v) is 8.82. The summed E-state index contributed by atoms with van der Waals surface area (Å²) in [5.41, 5.74) is 1.20. The largest absolute Gasteiger partial charge is 0.316 e. The third-order valence-corrected chi connectivity index (χ3v) is 5.83. The molecule has 1 aliphatic carbocycles. The molecule has 112 valence electrons. The van der Waals surface area contributed by atoms with Crippen molar-refractivity contribution in [3.63, 3.8) is 0 Å². The predicted octanol–water partition coefficient (Wildman–Crippen LogP) is 2.76. The SMILES string of the molecule is CNC(CS(=O)(=O)c1ccc(C(C)(C)C)cc1)C1CC1. The van der Waals surface area contributed by atoms with E-state index in [-0.39, 0.29) is 17.2 Å². The summed E-state index contributed by atoms with van der Waals surface area (Å²) in [6.07, 6.45) is 2.29. The molecule has 0 saturated heterocycles. The minimum Gasteiger partial charge on any atom is -0.316 e. The van der Waals surface area contributed by atoms with E-state index in [1.807, 2.05) is 19.2 Å². The minimum atomic E-state index is -3.20. The van der Waals surface area contributed by atoms with E-state index in [1.54, 1.807) is 12.1 Å². The van der Waals surface area contributed by atoms with Crippen LogP contribution >= 0.6 is 0 Å². The predicted molar refractivity (Wildman–Crippen MR) is 82.8 cm³/mol. The molecule has 1 fully saturated rings. The highest BCUT2D eigenvalue weighted by Gasteiger charge is 2.33. The van der Waals surface area contributed by atoms with Gasteiger partial charge in [0.05, 0.1) is 10.6 Å². The van der Waals surface area contributed by atoms with Gasteiger partial charge in [0, 0.05) is 6.04 Å². The van der Waals surface area contributed by atoms with Crippen LogP contribution in [0.2, 0.25) is 0 Å². The topological polar surface area (TPSA) is 46.2 Å². The second kappa shape index (κ2) is 5.49. The molecule has 2 rings (SSSR count). The molecule has 1 N–H and O–H groups in total. The number of hydrogen-bond donors (Lipinski definition) is 1. The van der Waals surface area contributed by atoms with E-state index in [0.717, 1.165) is 18.4 Å². The Morgan fingerprint density at radius 3 is 2.15 bits per heavy atom. The van der Waals surface area contributed by atoms with Gasteiger partial charge in [-0.15, -0.1) is 0 Å². The molecule has 4 heteroatoms. The van der Waals surface area contributed by atoms with Crippen LogP contribution in [0.15, 0.2) is 29.2 Å². The van der Waals surface area contributed by atoms with Crippen LogP contribution in [-0.4, -0.2) is 27.3 Å². The standard InChI is InChI=1S/C16H25NO2S/c1-16(2,3)13-7-9-14(10-8-13)20(18,19)11-15(17-4)12-5-6-12/h7-10,12,15,17H,5-6,11H2,1-4H3. The van der Waals surface area contributed by atoms with Crippen LogP contribution in [0, 0.1) is 5.92 Å². The Morgan fingerprint density at radius 1 is 1.20 bits per heavy atom. The van der Waals surface area contributed by atoms with E-state index in [4.69, 9.17) is 0 Å². The van der Waals surface area contributed by atoms with Gasteiger partial charge < -0.3 is 5.32 Å². The molecule has 0 spiro atoms. The number of sulfone groups is 1. The van der Waals surface area contributed by atoms with Gasteiger partial charge >= 0.3 is 0 Å². The summed E-state index contributed by atoms with van der Waals surface area (Å²) < 4.78 is 24.9. The maximum absolute atomic E-state index is 12.5. The van der Waals surface area contributed by atoms with Gasteiger partial charge in [0.2, 0.25) is 0 Å². The third-order valence-electron chi connectivity index (χ3n) is 4.04. The molecule has 0 radical (unpaired) electrons. The summed E-state index contributed by atoms with van der Waals surface area (Å²) in [6.45, 7) is 6.38. The second-order valence-electron chi connectivity index (χ2n) is 6.79. The van der Waals surface area contributed by atoms with Gasteiger partial charge in [0.1, 0.15) is 0 Å². The Morgan fingerprint density at radius 2 is 1.75 bits per heavy atom. The lowest BCUT2D eigenvalue weighted by atomic mass is 9.87. The quantitative estimate of drug-likeness (QED) is 0.908. The first-order valence-corrected chi connectivity index (χ1v) is 8.90. The van der Waals surface area contributed by atoms with Crippen molar-refractivity contribution in [2.24, 2.45) is 5.92 Å². The maximum atomic E-state index is 12.5. The fourth-order valence-corrected chi connectivity index (χ4v) is 4.10. The highest BCUT2D eigenvalue weighted by molar-refractivity contribution is 7.91. The van der Waals surface area contributed by atoms with Gasteiger partial charge in [0.25, 0.3) is 0 Å². The maximum Gasteiger partial charge on any atom is 0.179 e. The molecule has 0 amide bonds.